The van der Waals surface area contributed by atoms with Gasteiger partial charge in [0.05, 0.1) is 5.41 Å². The lowest BCUT2D eigenvalue weighted by atomic mass is 9.73. The molecule has 0 saturated carbocycles. The van der Waals surface area contributed by atoms with Crippen LogP contribution in [0.4, 0.5) is 0 Å². The van der Waals surface area contributed by atoms with Crippen LogP contribution in [-0.4, -0.2) is 38.8 Å². The second kappa shape index (κ2) is 6.34. The largest absolute Gasteiger partial charge is 0.381 e. The van der Waals surface area contributed by atoms with Gasteiger partial charge in [0.25, 0.3) is 0 Å². The van der Waals surface area contributed by atoms with Gasteiger partial charge in [0.2, 0.25) is 5.91 Å². The minimum Gasteiger partial charge on any atom is -0.381 e. The van der Waals surface area contributed by atoms with Crippen LogP contribution < -0.4 is 10.6 Å². The summed E-state index contributed by atoms with van der Waals surface area (Å²) in [6, 6.07) is 7.67. The maximum absolute atomic E-state index is 12.9. The Bertz CT molecular complexity index is 511. The Hall–Kier alpha value is -1.10. The standard InChI is InChI=1S/C16H21ClN2O2/c17-14-4-2-1-3-13(14)16(5-7-21-8-6-16)15(20)19-11-12-9-18-10-12/h1-4,12,18H,5-11H2,(H,19,20). The summed E-state index contributed by atoms with van der Waals surface area (Å²) in [5.74, 6) is 0.642. The maximum atomic E-state index is 12.9. The zero-order valence-corrected chi connectivity index (χ0v) is 12.8. The van der Waals surface area contributed by atoms with Crippen molar-refractivity contribution in [2.24, 2.45) is 5.92 Å². The summed E-state index contributed by atoms with van der Waals surface area (Å²) < 4.78 is 5.46. The Balaban J connectivity index is 1.82. The molecule has 2 aliphatic heterocycles. The lowest BCUT2D eigenvalue weighted by molar-refractivity contribution is -0.130. The van der Waals surface area contributed by atoms with Crippen molar-refractivity contribution in [1.29, 1.82) is 0 Å². The SMILES string of the molecule is O=C(NCC1CNC1)C1(c2ccccc2Cl)CCOCC1. The van der Waals surface area contributed by atoms with Crippen LogP contribution in [0.5, 0.6) is 0 Å². The van der Waals surface area contributed by atoms with E-state index in [1.165, 1.54) is 0 Å². The van der Waals surface area contributed by atoms with Crippen molar-refractivity contribution >= 4 is 17.5 Å². The summed E-state index contributed by atoms with van der Waals surface area (Å²) in [7, 11) is 0. The number of hydrogen-bond acceptors (Lipinski definition) is 3. The average Bonchev–Trinajstić information content (AvgIpc) is 2.46. The fourth-order valence-electron chi connectivity index (χ4n) is 3.09. The fraction of sp³-hybridized carbons (Fsp3) is 0.562. The van der Waals surface area contributed by atoms with Crippen LogP contribution in [0, 0.1) is 5.92 Å². The van der Waals surface area contributed by atoms with Gasteiger partial charge in [-0.05, 0) is 24.5 Å². The smallest absolute Gasteiger partial charge is 0.230 e. The van der Waals surface area contributed by atoms with E-state index in [1.807, 2.05) is 24.3 Å². The zero-order chi connectivity index (χ0) is 14.7. The second-order valence-electron chi connectivity index (χ2n) is 5.91. The Morgan fingerprint density at radius 1 is 1.33 bits per heavy atom. The highest BCUT2D eigenvalue weighted by Crippen LogP contribution is 2.38. The first-order chi connectivity index (χ1) is 10.2. The van der Waals surface area contributed by atoms with Gasteiger partial charge < -0.3 is 15.4 Å². The van der Waals surface area contributed by atoms with Gasteiger partial charge >= 0.3 is 0 Å². The molecule has 2 saturated heterocycles. The number of benzene rings is 1. The molecular weight excluding hydrogens is 288 g/mol. The number of amides is 1. The summed E-state index contributed by atoms with van der Waals surface area (Å²) in [6.07, 6.45) is 1.37. The van der Waals surface area contributed by atoms with E-state index in [-0.39, 0.29) is 5.91 Å². The first-order valence-corrected chi connectivity index (χ1v) is 7.92. The van der Waals surface area contributed by atoms with Gasteiger partial charge in [-0.25, -0.2) is 0 Å². The summed E-state index contributed by atoms with van der Waals surface area (Å²) in [5.41, 5.74) is 0.382. The maximum Gasteiger partial charge on any atom is 0.230 e. The van der Waals surface area contributed by atoms with E-state index in [0.717, 1.165) is 25.2 Å². The molecule has 2 fully saturated rings. The third-order valence-electron chi connectivity index (χ3n) is 4.59. The summed E-state index contributed by atoms with van der Waals surface area (Å²) in [5, 5.41) is 7.02. The van der Waals surface area contributed by atoms with Gasteiger partial charge in [0.1, 0.15) is 0 Å². The second-order valence-corrected chi connectivity index (χ2v) is 6.32. The summed E-state index contributed by atoms with van der Waals surface area (Å²) in [4.78, 5) is 12.9. The van der Waals surface area contributed by atoms with Gasteiger partial charge in [0.15, 0.2) is 0 Å². The first kappa shape index (κ1) is 14.8. The van der Waals surface area contributed by atoms with E-state index in [9.17, 15) is 4.79 Å². The minimum atomic E-state index is -0.548. The quantitative estimate of drug-likeness (QED) is 0.890. The summed E-state index contributed by atoms with van der Waals surface area (Å²) in [6.45, 7) is 3.91. The molecule has 1 aromatic carbocycles. The molecule has 5 heteroatoms. The number of hydrogen-bond donors (Lipinski definition) is 2. The predicted octanol–water partition coefficient (Wildman–Crippen LogP) is 1.72. The Morgan fingerprint density at radius 2 is 2.05 bits per heavy atom. The highest BCUT2D eigenvalue weighted by molar-refractivity contribution is 6.31. The minimum absolute atomic E-state index is 0.0887. The van der Waals surface area contributed by atoms with Gasteiger partial charge in [0, 0.05) is 43.8 Å². The molecule has 114 valence electrons. The highest BCUT2D eigenvalue weighted by Gasteiger charge is 2.43. The number of carbonyl (C=O) groups is 1. The van der Waals surface area contributed by atoms with E-state index < -0.39 is 5.41 Å². The number of rotatable bonds is 4. The normalized spacial score (nSPS) is 21.6. The molecule has 3 rings (SSSR count). The molecular formula is C16H21ClN2O2. The Kier molecular flexibility index (Phi) is 4.48. The summed E-state index contributed by atoms with van der Waals surface area (Å²) >= 11 is 6.36. The molecule has 2 heterocycles. The van der Waals surface area contributed by atoms with Gasteiger partial charge in [-0.3, -0.25) is 4.79 Å². The molecule has 0 aromatic heterocycles. The molecule has 2 aliphatic rings. The van der Waals surface area contributed by atoms with Crippen LogP contribution in [-0.2, 0) is 14.9 Å². The van der Waals surface area contributed by atoms with Crippen molar-refractivity contribution in [2.45, 2.75) is 18.3 Å². The number of halogens is 1. The molecule has 0 atom stereocenters. The molecule has 1 aromatic rings. The molecule has 1 amide bonds. The topological polar surface area (TPSA) is 50.4 Å². The molecule has 0 aliphatic carbocycles. The Labute approximate surface area is 130 Å². The number of carbonyl (C=O) groups excluding carboxylic acids is 1. The van der Waals surface area contributed by atoms with E-state index in [2.05, 4.69) is 10.6 Å². The van der Waals surface area contributed by atoms with Crippen molar-refractivity contribution in [3.8, 4) is 0 Å². The lowest BCUT2D eigenvalue weighted by Crippen LogP contribution is -2.53. The monoisotopic (exact) mass is 308 g/mol. The van der Waals surface area contributed by atoms with Crippen LogP contribution >= 0.6 is 11.6 Å². The van der Waals surface area contributed by atoms with Crippen molar-refractivity contribution in [1.82, 2.24) is 10.6 Å². The van der Waals surface area contributed by atoms with Crippen LogP contribution in [0.1, 0.15) is 18.4 Å². The van der Waals surface area contributed by atoms with Crippen LogP contribution in [0.15, 0.2) is 24.3 Å². The van der Waals surface area contributed by atoms with Gasteiger partial charge in [-0.2, -0.15) is 0 Å². The van der Waals surface area contributed by atoms with Crippen molar-refractivity contribution in [2.75, 3.05) is 32.8 Å². The van der Waals surface area contributed by atoms with Crippen molar-refractivity contribution in [3.63, 3.8) is 0 Å². The average molecular weight is 309 g/mol. The molecule has 0 unspecified atom stereocenters. The lowest BCUT2D eigenvalue weighted by Gasteiger charge is -2.37. The van der Waals surface area contributed by atoms with E-state index in [0.29, 0.717) is 37.0 Å². The predicted molar refractivity (Wildman–Crippen MR) is 82.6 cm³/mol. The highest BCUT2D eigenvalue weighted by atomic mass is 35.5. The van der Waals surface area contributed by atoms with E-state index in [1.54, 1.807) is 0 Å². The molecule has 0 spiro atoms. The van der Waals surface area contributed by atoms with Crippen LogP contribution in [0.3, 0.4) is 0 Å². The molecule has 4 nitrogen and oxygen atoms in total. The van der Waals surface area contributed by atoms with Gasteiger partial charge in [-0.15, -0.1) is 0 Å². The fourth-order valence-corrected chi connectivity index (χ4v) is 3.40. The van der Waals surface area contributed by atoms with Crippen molar-refractivity contribution in [3.05, 3.63) is 34.9 Å². The third-order valence-corrected chi connectivity index (χ3v) is 4.92. The zero-order valence-electron chi connectivity index (χ0n) is 12.0. The first-order valence-electron chi connectivity index (χ1n) is 7.54. The number of ether oxygens (including phenoxy) is 1. The van der Waals surface area contributed by atoms with Crippen molar-refractivity contribution < 1.29 is 9.53 Å². The third kappa shape index (κ3) is 2.93. The van der Waals surface area contributed by atoms with Crippen LogP contribution in [0.2, 0.25) is 5.02 Å². The van der Waals surface area contributed by atoms with Crippen LogP contribution in [0.25, 0.3) is 0 Å². The Morgan fingerprint density at radius 3 is 2.67 bits per heavy atom. The molecule has 21 heavy (non-hydrogen) atoms. The molecule has 0 bridgehead atoms. The number of nitrogens with one attached hydrogen (secondary N) is 2. The molecule has 0 radical (unpaired) electrons. The van der Waals surface area contributed by atoms with E-state index >= 15 is 0 Å². The van der Waals surface area contributed by atoms with Gasteiger partial charge in [-0.1, -0.05) is 29.8 Å². The molecule has 2 N–H and O–H groups in total. The van der Waals surface area contributed by atoms with E-state index in [4.69, 9.17) is 16.3 Å².